The van der Waals surface area contributed by atoms with Crippen LogP contribution in [-0.4, -0.2) is 51.8 Å². The lowest BCUT2D eigenvalue weighted by Gasteiger charge is -2.36. The monoisotopic (exact) mass is 383 g/mol. The Bertz CT molecular complexity index is 993. The Morgan fingerprint density at radius 3 is 2.44 bits per heavy atom. The lowest BCUT2D eigenvalue weighted by atomic mass is 10.2. The van der Waals surface area contributed by atoms with Crippen molar-refractivity contribution < 1.29 is 4.79 Å². The fraction of sp³-hybridized carbons (Fsp3) is 0.211. The summed E-state index contributed by atoms with van der Waals surface area (Å²) in [5, 5.41) is 4.41. The zero-order chi connectivity index (χ0) is 18.8. The molecule has 8 heteroatoms. The number of carbonyl (C=O) groups is 1. The number of halogens is 1. The minimum Gasteiger partial charge on any atom is -0.365 e. The molecule has 1 saturated heterocycles. The second-order valence-corrected chi connectivity index (χ2v) is 6.64. The van der Waals surface area contributed by atoms with Gasteiger partial charge >= 0.3 is 0 Å². The van der Waals surface area contributed by atoms with Gasteiger partial charge < -0.3 is 14.8 Å². The third kappa shape index (κ3) is 3.33. The van der Waals surface area contributed by atoms with Gasteiger partial charge in [0.15, 0.2) is 0 Å². The van der Waals surface area contributed by atoms with Gasteiger partial charge in [-0.1, -0.05) is 29.8 Å². The summed E-state index contributed by atoms with van der Waals surface area (Å²) in [6.07, 6.45) is 3.34. The number of carbonyl (C=O) groups excluding carboxylic acids is 1. The standard InChI is InChI=1S/C19H18ClN5O2/c20-17-16(13-22-25(19(17)27)14-5-2-1-3-6-14)23-9-11-24(12-10-23)18(26)15-7-4-8-21-15/h1-8,13,21H,9-12H2. The molecule has 0 saturated carbocycles. The minimum absolute atomic E-state index is 0.0247. The van der Waals surface area contributed by atoms with Gasteiger partial charge in [-0.05, 0) is 24.3 Å². The molecule has 2 aromatic heterocycles. The van der Waals surface area contributed by atoms with Crippen LogP contribution in [0.25, 0.3) is 5.69 Å². The molecule has 0 aliphatic carbocycles. The Morgan fingerprint density at radius 1 is 1.04 bits per heavy atom. The molecule has 0 atom stereocenters. The molecule has 0 radical (unpaired) electrons. The molecule has 27 heavy (non-hydrogen) atoms. The normalized spacial score (nSPS) is 14.4. The van der Waals surface area contributed by atoms with Crippen molar-refractivity contribution in [2.75, 3.05) is 31.1 Å². The van der Waals surface area contributed by atoms with Crippen molar-refractivity contribution in [3.63, 3.8) is 0 Å². The highest BCUT2D eigenvalue weighted by Crippen LogP contribution is 2.23. The largest absolute Gasteiger partial charge is 0.365 e. The van der Waals surface area contributed by atoms with Crippen LogP contribution in [0.4, 0.5) is 5.69 Å². The van der Waals surface area contributed by atoms with Crippen LogP contribution in [-0.2, 0) is 0 Å². The van der Waals surface area contributed by atoms with Gasteiger partial charge in [-0.25, -0.2) is 0 Å². The predicted octanol–water partition coefficient (Wildman–Crippen LogP) is 2.18. The maximum Gasteiger partial charge on any atom is 0.292 e. The van der Waals surface area contributed by atoms with Crippen LogP contribution >= 0.6 is 11.6 Å². The molecule has 3 heterocycles. The number of nitrogens with one attached hydrogen (secondary N) is 1. The fourth-order valence-corrected chi connectivity index (χ4v) is 3.43. The van der Waals surface area contributed by atoms with Gasteiger partial charge in [0, 0.05) is 32.4 Å². The van der Waals surface area contributed by atoms with Crippen molar-refractivity contribution in [3.8, 4) is 5.69 Å². The predicted molar refractivity (Wildman–Crippen MR) is 104 cm³/mol. The van der Waals surface area contributed by atoms with Crippen LogP contribution in [0.5, 0.6) is 0 Å². The van der Waals surface area contributed by atoms with Gasteiger partial charge in [0.2, 0.25) is 0 Å². The molecule has 1 N–H and O–H groups in total. The second kappa shape index (κ2) is 7.28. The Hall–Kier alpha value is -3.06. The number of hydrogen-bond donors (Lipinski definition) is 1. The summed E-state index contributed by atoms with van der Waals surface area (Å²) < 4.78 is 1.29. The van der Waals surface area contributed by atoms with Gasteiger partial charge in [-0.2, -0.15) is 9.78 Å². The minimum atomic E-state index is -0.356. The van der Waals surface area contributed by atoms with Crippen molar-refractivity contribution >= 4 is 23.2 Å². The molecule has 138 valence electrons. The van der Waals surface area contributed by atoms with Crippen molar-refractivity contribution in [1.29, 1.82) is 0 Å². The number of aromatic amines is 1. The Balaban J connectivity index is 1.51. The highest BCUT2D eigenvalue weighted by atomic mass is 35.5. The van der Waals surface area contributed by atoms with E-state index in [2.05, 4.69) is 10.1 Å². The first-order chi connectivity index (χ1) is 13.1. The molecule has 0 unspecified atom stereocenters. The molecule has 0 spiro atoms. The van der Waals surface area contributed by atoms with E-state index >= 15 is 0 Å². The topological polar surface area (TPSA) is 74.2 Å². The number of piperazine rings is 1. The number of hydrogen-bond acceptors (Lipinski definition) is 4. The molecule has 4 rings (SSSR count). The van der Waals surface area contributed by atoms with E-state index in [1.807, 2.05) is 23.1 Å². The summed E-state index contributed by atoms with van der Waals surface area (Å²) in [5.74, 6) is -0.0247. The number of benzene rings is 1. The lowest BCUT2D eigenvalue weighted by Crippen LogP contribution is -2.49. The Kier molecular flexibility index (Phi) is 4.68. The van der Waals surface area contributed by atoms with E-state index in [4.69, 9.17) is 11.6 Å². The first-order valence-electron chi connectivity index (χ1n) is 8.66. The first kappa shape index (κ1) is 17.4. The van der Waals surface area contributed by atoms with E-state index in [0.717, 1.165) is 0 Å². The summed E-state index contributed by atoms with van der Waals surface area (Å²) in [4.78, 5) is 31.8. The zero-order valence-corrected chi connectivity index (χ0v) is 15.3. The maximum atomic E-state index is 12.6. The molecule has 1 amide bonds. The fourth-order valence-electron chi connectivity index (χ4n) is 3.18. The quantitative estimate of drug-likeness (QED) is 0.752. The molecular weight excluding hydrogens is 366 g/mol. The zero-order valence-electron chi connectivity index (χ0n) is 14.5. The van der Waals surface area contributed by atoms with E-state index in [0.29, 0.717) is 43.2 Å². The van der Waals surface area contributed by atoms with Gasteiger partial charge in [0.05, 0.1) is 17.6 Å². The van der Waals surface area contributed by atoms with E-state index in [1.165, 1.54) is 4.68 Å². The van der Waals surface area contributed by atoms with Crippen LogP contribution in [0.1, 0.15) is 10.5 Å². The Labute approximate surface area is 160 Å². The number of nitrogens with zero attached hydrogens (tertiary/aromatic N) is 4. The van der Waals surface area contributed by atoms with Crippen molar-refractivity contribution in [3.05, 3.63) is 75.9 Å². The lowest BCUT2D eigenvalue weighted by molar-refractivity contribution is 0.0741. The summed E-state index contributed by atoms with van der Waals surface area (Å²) in [5.41, 5.74) is 1.48. The first-order valence-corrected chi connectivity index (χ1v) is 9.04. The number of para-hydroxylation sites is 1. The molecule has 0 bridgehead atoms. The summed E-state index contributed by atoms with van der Waals surface area (Å²) in [6, 6.07) is 12.7. The smallest absolute Gasteiger partial charge is 0.292 e. The average Bonchev–Trinajstić information content (AvgIpc) is 3.25. The highest BCUT2D eigenvalue weighted by molar-refractivity contribution is 6.33. The molecule has 1 aliphatic rings. The molecule has 1 aromatic carbocycles. The molecule has 1 fully saturated rings. The van der Waals surface area contributed by atoms with Crippen LogP contribution in [0, 0.1) is 0 Å². The van der Waals surface area contributed by atoms with Gasteiger partial charge in [0.1, 0.15) is 10.7 Å². The van der Waals surface area contributed by atoms with Crippen molar-refractivity contribution in [2.45, 2.75) is 0 Å². The summed E-state index contributed by atoms with van der Waals surface area (Å²) in [6.45, 7) is 2.27. The van der Waals surface area contributed by atoms with Gasteiger partial charge in [-0.3, -0.25) is 9.59 Å². The third-order valence-corrected chi connectivity index (χ3v) is 4.99. The van der Waals surface area contributed by atoms with Crippen LogP contribution in [0.2, 0.25) is 5.02 Å². The van der Waals surface area contributed by atoms with Gasteiger partial charge in [-0.15, -0.1) is 0 Å². The SMILES string of the molecule is O=C(c1ccc[nH]1)N1CCN(c2cnn(-c3ccccc3)c(=O)c2Cl)CC1. The van der Waals surface area contributed by atoms with E-state index in [1.54, 1.807) is 41.6 Å². The summed E-state index contributed by atoms with van der Waals surface area (Å²) in [7, 11) is 0. The molecular formula is C19H18ClN5O2. The highest BCUT2D eigenvalue weighted by Gasteiger charge is 2.25. The Morgan fingerprint density at radius 2 is 1.78 bits per heavy atom. The van der Waals surface area contributed by atoms with E-state index < -0.39 is 0 Å². The molecule has 7 nitrogen and oxygen atoms in total. The maximum absolute atomic E-state index is 12.6. The number of H-pyrrole nitrogens is 1. The number of amides is 1. The second-order valence-electron chi connectivity index (χ2n) is 6.26. The third-order valence-electron chi connectivity index (χ3n) is 4.64. The number of anilines is 1. The van der Waals surface area contributed by atoms with E-state index in [-0.39, 0.29) is 16.5 Å². The van der Waals surface area contributed by atoms with Crippen molar-refractivity contribution in [2.24, 2.45) is 0 Å². The van der Waals surface area contributed by atoms with Crippen LogP contribution in [0.3, 0.4) is 0 Å². The number of rotatable bonds is 3. The van der Waals surface area contributed by atoms with Crippen molar-refractivity contribution in [1.82, 2.24) is 19.7 Å². The number of aromatic nitrogens is 3. The summed E-state index contributed by atoms with van der Waals surface area (Å²) >= 11 is 6.36. The van der Waals surface area contributed by atoms with Crippen LogP contribution in [0.15, 0.2) is 59.7 Å². The molecule has 3 aromatic rings. The van der Waals surface area contributed by atoms with Gasteiger partial charge in [0.25, 0.3) is 11.5 Å². The average molecular weight is 384 g/mol. The molecule has 1 aliphatic heterocycles. The van der Waals surface area contributed by atoms with E-state index in [9.17, 15) is 9.59 Å². The van der Waals surface area contributed by atoms with Crippen LogP contribution < -0.4 is 10.5 Å².